The molecule has 2 aliphatic rings. The van der Waals surface area contributed by atoms with Gasteiger partial charge >= 0.3 is 0 Å². The predicted octanol–water partition coefficient (Wildman–Crippen LogP) is 13.9. The molecule has 4 nitrogen and oxygen atoms in total. The van der Waals surface area contributed by atoms with Crippen LogP contribution >= 0.6 is 46.4 Å². The van der Waals surface area contributed by atoms with Crippen molar-refractivity contribution in [3.63, 3.8) is 0 Å². The fourth-order valence-electron chi connectivity index (χ4n) is 7.00. The van der Waals surface area contributed by atoms with Crippen LogP contribution in [0.15, 0.2) is 121 Å². The number of nitrogens with one attached hydrogen (secondary N) is 2. The van der Waals surface area contributed by atoms with Gasteiger partial charge in [0.25, 0.3) is 0 Å². The van der Waals surface area contributed by atoms with Crippen molar-refractivity contribution in [3.05, 3.63) is 164 Å². The van der Waals surface area contributed by atoms with Gasteiger partial charge < -0.3 is 9.97 Å². The molecule has 53 heavy (non-hydrogen) atoms. The molecule has 5 heterocycles. The third-order valence-corrected chi connectivity index (χ3v) is 10.1. The van der Waals surface area contributed by atoms with Crippen LogP contribution < -0.4 is 0 Å². The largest absolute Gasteiger partial charge is 0.354 e. The molecule has 8 bridgehead atoms. The maximum Gasteiger partial charge on any atom is 0.0737 e. The molecule has 0 saturated heterocycles. The molecule has 0 unspecified atom stereocenters. The average Bonchev–Trinajstić information content (AvgIpc) is 3.96. The van der Waals surface area contributed by atoms with Gasteiger partial charge in [0.1, 0.15) is 0 Å². The summed E-state index contributed by atoms with van der Waals surface area (Å²) in [5.41, 5.74) is 14.0. The zero-order chi connectivity index (χ0) is 35.3. The van der Waals surface area contributed by atoms with Gasteiger partial charge in [0.15, 0.2) is 0 Å². The summed E-state index contributed by atoms with van der Waals surface area (Å²) < 4.78 is 0. The molecule has 258 valence electrons. The monoisotopic (exact) mass is 806 g/mol. The summed E-state index contributed by atoms with van der Waals surface area (Å²) in [6.45, 7) is 0. The van der Waals surface area contributed by atoms with Gasteiger partial charge in [-0.2, -0.15) is 0 Å². The van der Waals surface area contributed by atoms with Gasteiger partial charge in [-0.15, -0.1) is 0 Å². The van der Waals surface area contributed by atoms with Crippen molar-refractivity contribution in [2.24, 2.45) is 0 Å². The Morgan fingerprint density at radius 3 is 0.811 bits per heavy atom. The summed E-state index contributed by atoms with van der Waals surface area (Å²) >= 11 is 26.3. The van der Waals surface area contributed by atoms with Crippen LogP contribution in [0.5, 0.6) is 0 Å². The van der Waals surface area contributed by atoms with E-state index < -0.39 is 0 Å². The van der Waals surface area contributed by atoms with E-state index in [-0.39, 0.29) is 17.1 Å². The van der Waals surface area contributed by atoms with E-state index in [2.05, 4.69) is 34.2 Å². The first-order valence-electron chi connectivity index (χ1n) is 16.6. The van der Waals surface area contributed by atoms with E-state index in [1.54, 1.807) is 0 Å². The number of benzene rings is 4. The molecule has 0 amide bonds. The molecule has 0 aliphatic carbocycles. The molecule has 0 radical (unpaired) electrons. The van der Waals surface area contributed by atoms with Crippen molar-refractivity contribution in [1.82, 2.24) is 19.9 Å². The van der Waals surface area contributed by atoms with E-state index in [0.717, 1.165) is 89.4 Å². The van der Waals surface area contributed by atoms with Gasteiger partial charge in [-0.1, -0.05) is 94.9 Å². The zero-order valence-electron chi connectivity index (χ0n) is 27.6. The van der Waals surface area contributed by atoms with Crippen LogP contribution in [-0.4, -0.2) is 19.9 Å². The molecule has 2 aliphatic heterocycles. The predicted molar refractivity (Wildman–Crippen MR) is 221 cm³/mol. The van der Waals surface area contributed by atoms with Crippen molar-refractivity contribution in [3.8, 4) is 44.5 Å². The van der Waals surface area contributed by atoms with Crippen LogP contribution in [0, 0.1) is 0 Å². The first kappa shape index (κ1) is 35.2. The molecular formula is C44H26Cl4FeN4. The number of halogens is 4. The van der Waals surface area contributed by atoms with Gasteiger partial charge in [0, 0.05) is 81.5 Å². The number of H-pyrrole nitrogens is 2. The van der Waals surface area contributed by atoms with Crippen LogP contribution in [0.25, 0.3) is 90.9 Å². The maximum atomic E-state index is 6.59. The second-order valence-corrected chi connectivity index (χ2v) is 14.3. The number of aromatic nitrogens is 4. The normalized spacial score (nSPS) is 11.8. The second kappa shape index (κ2) is 14.5. The Kier molecular flexibility index (Phi) is 9.65. The van der Waals surface area contributed by atoms with E-state index in [4.69, 9.17) is 56.4 Å². The van der Waals surface area contributed by atoms with Crippen molar-refractivity contribution < 1.29 is 17.1 Å². The topological polar surface area (TPSA) is 57.4 Å². The Hall–Kier alpha value is -4.84. The Morgan fingerprint density at radius 2 is 0.585 bits per heavy atom. The number of aromatic amines is 2. The Morgan fingerprint density at radius 1 is 0.340 bits per heavy atom. The van der Waals surface area contributed by atoms with E-state index in [1.807, 2.05) is 121 Å². The number of fused-ring (bicyclic) bond motifs is 8. The van der Waals surface area contributed by atoms with Gasteiger partial charge in [0.2, 0.25) is 0 Å². The van der Waals surface area contributed by atoms with Crippen molar-refractivity contribution in [1.29, 1.82) is 0 Å². The van der Waals surface area contributed by atoms with Gasteiger partial charge in [-0.05, 0) is 119 Å². The minimum atomic E-state index is 0. The summed E-state index contributed by atoms with van der Waals surface area (Å²) in [4.78, 5) is 18.1. The molecule has 4 aromatic carbocycles. The minimum absolute atomic E-state index is 0. The fourth-order valence-corrected chi connectivity index (χ4v) is 7.76. The fraction of sp³-hybridized carbons (Fsp3) is 0. The molecule has 3 aromatic heterocycles. The van der Waals surface area contributed by atoms with Crippen molar-refractivity contribution in [2.45, 2.75) is 0 Å². The van der Waals surface area contributed by atoms with E-state index in [9.17, 15) is 0 Å². The number of rotatable bonds is 4. The average molecular weight is 808 g/mol. The van der Waals surface area contributed by atoms with Crippen LogP contribution in [0.2, 0.25) is 20.1 Å². The van der Waals surface area contributed by atoms with Crippen molar-refractivity contribution >= 4 is 92.8 Å². The van der Waals surface area contributed by atoms with Gasteiger partial charge in [0.05, 0.1) is 22.8 Å². The molecule has 0 atom stereocenters. The summed E-state index contributed by atoms with van der Waals surface area (Å²) in [6.07, 6.45) is 8.20. The standard InChI is InChI=1S/C44H26Cl4N4.Fe/c45-29-9-1-5-25(21-29)41-33-13-15-35(49-33)42(26-6-2-10-30(46)22-26)37-17-19-39(51-37)44(28-8-4-12-32(48)24-28)40-20-18-38(52-40)43(36-16-14-34(41)50-36)27-7-3-11-31(47)23-27;/h1-24,49,52H;. The Bertz CT molecular complexity index is 2440. The quantitative estimate of drug-likeness (QED) is 0.174. The molecule has 0 saturated carbocycles. The molecule has 2 N–H and O–H groups in total. The summed E-state index contributed by atoms with van der Waals surface area (Å²) in [5, 5.41) is 2.53. The minimum Gasteiger partial charge on any atom is -0.354 e. The molecular weight excluding hydrogens is 782 g/mol. The van der Waals surface area contributed by atoms with Crippen LogP contribution in [0.1, 0.15) is 22.8 Å². The molecule has 0 fully saturated rings. The Balaban J connectivity index is 0.00000400. The molecule has 9 rings (SSSR count). The van der Waals surface area contributed by atoms with Crippen LogP contribution in [0.3, 0.4) is 0 Å². The molecule has 9 heteroatoms. The third-order valence-electron chi connectivity index (χ3n) is 9.21. The SMILES string of the molecule is Clc1cccc(-c2c3nc(c(-c4cccc(Cl)c4)c4ccc([nH]4)c(-c4cccc(Cl)c4)c4nc(c(-c5cccc(Cl)c5)c5ccc2[nH]5)C=C4)C=C3)c1.[Fe]. The van der Waals surface area contributed by atoms with E-state index >= 15 is 0 Å². The van der Waals surface area contributed by atoms with Gasteiger partial charge in [-0.3, -0.25) is 0 Å². The van der Waals surface area contributed by atoms with Crippen molar-refractivity contribution in [2.75, 3.05) is 0 Å². The van der Waals surface area contributed by atoms with E-state index in [1.165, 1.54) is 0 Å². The summed E-state index contributed by atoms with van der Waals surface area (Å²) in [6, 6.07) is 39.7. The van der Waals surface area contributed by atoms with Gasteiger partial charge in [-0.25, -0.2) is 9.97 Å². The second-order valence-electron chi connectivity index (χ2n) is 12.5. The Labute approximate surface area is 336 Å². The number of nitrogens with zero attached hydrogens (tertiary/aromatic N) is 2. The number of hydrogen-bond acceptors (Lipinski definition) is 2. The first-order valence-corrected chi connectivity index (χ1v) is 18.1. The maximum absolute atomic E-state index is 6.59. The van der Waals surface area contributed by atoms with Crippen LogP contribution in [-0.2, 0) is 17.1 Å². The van der Waals surface area contributed by atoms with E-state index in [0.29, 0.717) is 20.1 Å². The van der Waals surface area contributed by atoms with Crippen LogP contribution in [0.4, 0.5) is 0 Å². The summed E-state index contributed by atoms with van der Waals surface area (Å²) in [5.74, 6) is 0. The third kappa shape index (κ3) is 6.77. The summed E-state index contributed by atoms with van der Waals surface area (Å²) in [7, 11) is 0. The first-order chi connectivity index (χ1) is 25.4. The number of hydrogen-bond donors (Lipinski definition) is 2. The molecule has 0 spiro atoms. The zero-order valence-corrected chi connectivity index (χ0v) is 31.7. The molecule has 7 aromatic rings. The smallest absolute Gasteiger partial charge is 0.0737 e.